The minimum Gasteiger partial charge on any atom is -0.422 e. The quantitative estimate of drug-likeness (QED) is 0.582. The highest BCUT2D eigenvalue weighted by Gasteiger charge is 2.13. The average Bonchev–Trinajstić information content (AvgIpc) is 2.22. The third kappa shape index (κ3) is 1.62. The van der Waals surface area contributed by atoms with E-state index in [0.717, 1.165) is 5.56 Å². The zero-order valence-electron chi connectivity index (χ0n) is 8.21. The number of carbonyl (C=O) groups is 1. The van der Waals surface area contributed by atoms with E-state index in [1.165, 1.54) is 0 Å². The van der Waals surface area contributed by atoms with Gasteiger partial charge in [-0.2, -0.15) is 0 Å². The van der Waals surface area contributed by atoms with Crippen LogP contribution in [0.1, 0.15) is 15.9 Å². The Morgan fingerprint density at radius 3 is 2.62 bits per heavy atom. The Labute approximate surface area is 101 Å². The normalized spacial score (nSPS) is 10.7. The first-order chi connectivity index (χ1) is 7.54. The number of benzene rings is 1. The zero-order valence-corrected chi connectivity index (χ0v) is 9.72. The van der Waals surface area contributed by atoms with E-state index in [9.17, 15) is 9.59 Å². The van der Waals surface area contributed by atoms with E-state index >= 15 is 0 Å². The molecule has 2 rings (SSSR count). The van der Waals surface area contributed by atoms with Gasteiger partial charge in [-0.25, -0.2) is 4.79 Å². The minimum atomic E-state index is -0.741. The third-order valence-corrected chi connectivity index (χ3v) is 3.09. The average molecular weight is 257 g/mol. The fourth-order valence-corrected chi connectivity index (χ4v) is 1.83. The zero-order chi connectivity index (χ0) is 11.9. The SMILES string of the molecule is Cc1cc2oc(=O)c(C=O)c(Cl)c2cc1Cl. The van der Waals surface area contributed by atoms with Crippen molar-refractivity contribution in [1.29, 1.82) is 0 Å². The second-order valence-corrected chi connectivity index (χ2v) is 4.12. The Hall–Kier alpha value is -1.32. The second-order valence-electron chi connectivity index (χ2n) is 3.33. The summed E-state index contributed by atoms with van der Waals surface area (Å²) in [6.07, 6.45) is 0.376. The summed E-state index contributed by atoms with van der Waals surface area (Å²) in [4.78, 5) is 22.0. The van der Waals surface area contributed by atoms with Gasteiger partial charge in [0, 0.05) is 10.4 Å². The van der Waals surface area contributed by atoms with Gasteiger partial charge in [0.1, 0.15) is 11.1 Å². The summed E-state index contributed by atoms with van der Waals surface area (Å²) in [7, 11) is 0. The molecule has 0 aliphatic rings. The maximum Gasteiger partial charge on any atom is 0.348 e. The molecule has 5 heteroatoms. The van der Waals surface area contributed by atoms with Crippen molar-refractivity contribution < 1.29 is 9.21 Å². The summed E-state index contributed by atoms with van der Waals surface area (Å²) in [6, 6.07) is 3.18. The largest absolute Gasteiger partial charge is 0.422 e. The van der Waals surface area contributed by atoms with E-state index in [1.54, 1.807) is 19.1 Å². The summed E-state index contributed by atoms with van der Waals surface area (Å²) in [6.45, 7) is 1.78. The molecule has 0 bridgehead atoms. The monoisotopic (exact) mass is 256 g/mol. The molecule has 0 aliphatic heterocycles. The molecule has 0 unspecified atom stereocenters. The Kier molecular flexibility index (Phi) is 2.74. The Balaban J connectivity index is 2.99. The van der Waals surface area contributed by atoms with Gasteiger partial charge in [0.15, 0.2) is 6.29 Å². The number of hydrogen-bond acceptors (Lipinski definition) is 3. The molecular formula is C11H6Cl2O3. The molecule has 0 amide bonds. The van der Waals surface area contributed by atoms with Crippen LogP contribution in [0.3, 0.4) is 0 Å². The van der Waals surface area contributed by atoms with Crippen LogP contribution < -0.4 is 5.63 Å². The number of aldehydes is 1. The Bertz CT molecular complexity index is 644. The van der Waals surface area contributed by atoms with E-state index in [-0.39, 0.29) is 10.6 Å². The van der Waals surface area contributed by atoms with E-state index in [2.05, 4.69) is 0 Å². The number of carbonyl (C=O) groups excluding carboxylic acids is 1. The Morgan fingerprint density at radius 1 is 1.31 bits per heavy atom. The molecule has 82 valence electrons. The van der Waals surface area contributed by atoms with Gasteiger partial charge in [-0.1, -0.05) is 23.2 Å². The highest BCUT2D eigenvalue weighted by molar-refractivity contribution is 6.38. The van der Waals surface area contributed by atoms with Crippen LogP contribution in [-0.2, 0) is 0 Å². The van der Waals surface area contributed by atoms with Gasteiger partial charge in [-0.3, -0.25) is 4.79 Å². The van der Waals surface area contributed by atoms with Crippen molar-refractivity contribution in [2.24, 2.45) is 0 Å². The lowest BCUT2D eigenvalue weighted by atomic mass is 10.1. The highest BCUT2D eigenvalue weighted by atomic mass is 35.5. The van der Waals surface area contributed by atoms with Crippen LogP contribution in [0.15, 0.2) is 21.3 Å². The maximum atomic E-state index is 11.4. The van der Waals surface area contributed by atoms with Crippen LogP contribution in [-0.4, -0.2) is 6.29 Å². The second kappa shape index (κ2) is 3.92. The molecule has 0 radical (unpaired) electrons. The van der Waals surface area contributed by atoms with Crippen molar-refractivity contribution in [3.05, 3.63) is 43.7 Å². The summed E-state index contributed by atoms with van der Waals surface area (Å²) in [5.41, 5.74) is 0.165. The molecule has 16 heavy (non-hydrogen) atoms. The van der Waals surface area contributed by atoms with Crippen molar-refractivity contribution in [1.82, 2.24) is 0 Å². The van der Waals surface area contributed by atoms with Crippen molar-refractivity contribution >= 4 is 40.5 Å². The van der Waals surface area contributed by atoms with Gasteiger partial charge in [0.2, 0.25) is 0 Å². The molecule has 0 atom stereocenters. The van der Waals surface area contributed by atoms with E-state index in [1.807, 2.05) is 0 Å². The van der Waals surface area contributed by atoms with Gasteiger partial charge in [-0.05, 0) is 24.6 Å². The van der Waals surface area contributed by atoms with E-state index < -0.39 is 5.63 Å². The lowest BCUT2D eigenvalue weighted by Gasteiger charge is -2.04. The standard InChI is InChI=1S/C11H6Cl2O3/c1-5-2-9-6(3-8(5)12)10(13)7(4-14)11(15)16-9/h2-4H,1H3. The topological polar surface area (TPSA) is 47.3 Å². The fourth-order valence-electron chi connectivity index (χ4n) is 1.40. The van der Waals surface area contributed by atoms with Crippen LogP contribution in [0.5, 0.6) is 0 Å². The molecule has 0 saturated heterocycles. The molecule has 1 aromatic heterocycles. The van der Waals surface area contributed by atoms with Crippen molar-refractivity contribution in [2.45, 2.75) is 6.92 Å². The number of hydrogen-bond donors (Lipinski definition) is 0. The minimum absolute atomic E-state index is 0.0724. The maximum absolute atomic E-state index is 11.4. The predicted octanol–water partition coefficient (Wildman–Crippen LogP) is 3.22. The van der Waals surface area contributed by atoms with Crippen molar-refractivity contribution in [3.63, 3.8) is 0 Å². The van der Waals surface area contributed by atoms with Gasteiger partial charge in [0.25, 0.3) is 0 Å². The predicted molar refractivity (Wildman–Crippen MR) is 62.6 cm³/mol. The molecule has 1 heterocycles. The van der Waals surface area contributed by atoms with Crippen LogP contribution >= 0.6 is 23.2 Å². The smallest absolute Gasteiger partial charge is 0.348 e. The number of fused-ring (bicyclic) bond motifs is 1. The summed E-state index contributed by atoms with van der Waals surface area (Å²) in [5.74, 6) is 0. The lowest BCUT2D eigenvalue weighted by molar-refractivity contribution is 0.112. The first-order valence-corrected chi connectivity index (χ1v) is 5.18. The van der Waals surface area contributed by atoms with Crippen LogP contribution in [0.2, 0.25) is 10.0 Å². The molecule has 0 spiro atoms. The van der Waals surface area contributed by atoms with Gasteiger partial charge >= 0.3 is 5.63 Å². The molecule has 2 aromatic rings. The first kappa shape index (κ1) is 11.2. The van der Waals surface area contributed by atoms with Crippen LogP contribution in [0.4, 0.5) is 0 Å². The molecule has 3 nitrogen and oxygen atoms in total. The Morgan fingerprint density at radius 2 is 2.00 bits per heavy atom. The molecule has 0 fully saturated rings. The van der Waals surface area contributed by atoms with Gasteiger partial charge in [0.05, 0.1) is 5.02 Å². The number of aryl methyl sites for hydroxylation is 1. The molecule has 1 aromatic carbocycles. The molecule has 0 aliphatic carbocycles. The van der Waals surface area contributed by atoms with E-state index in [4.69, 9.17) is 27.6 Å². The van der Waals surface area contributed by atoms with E-state index in [0.29, 0.717) is 22.3 Å². The van der Waals surface area contributed by atoms with Gasteiger partial charge in [-0.15, -0.1) is 0 Å². The van der Waals surface area contributed by atoms with Crippen molar-refractivity contribution in [2.75, 3.05) is 0 Å². The van der Waals surface area contributed by atoms with Gasteiger partial charge < -0.3 is 4.42 Å². The molecule has 0 N–H and O–H groups in total. The number of rotatable bonds is 1. The summed E-state index contributed by atoms with van der Waals surface area (Å²) >= 11 is 11.8. The first-order valence-electron chi connectivity index (χ1n) is 4.42. The third-order valence-electron chi connectivity index (χ3n) is 2.27. The summed E-state index contributed by atoms with van der Waals surface area (Å²) in [5, 5.41) is 1.03. The van der Waals surface area contributed by atoms with Crippen LogP contribution in [0, 0.1) is 6.92 Å². The molecular weight excluding hydrogens is 251 g/mol. The number of halogens is 2. The van der Waals surface area contributed by atoms with Crippen molar-refractivity contribution in [3.8, 4) is 0 Å². The summed E-state index contributed by atoms with van der Waals surface area (Å²) < 4.78 is 4.97. The molecule has 0 saturated carbocycles. The lowest BCUT2D eigenvalue weighted by Crippen LogP contribution is -2.07. The van der Waals surface area contributed by atoms with Crippen LogP contribution in [0.25, 0.3) is 11.0 Å². The fraction of sp³-hybridized carbons (Fsp3) is 0.0909. The highest BCUT2D eigenvalue weighted by Crippen LogP contribution is 2.29.